The molecule has 2 amide bonds. The summed E-state index contributed by atoms with van der Waals surface area (Å²) < 4.78 is 37.9. The minimum absolute atomic E-state index is 0.00537. The SMILES string of the molecule is BrCc1ccccc1.CC(=O)OC(C)=O.CC(=O)OCCN(CCOC(C)=O)C(=O)Cl.CC(=O)OCCN(CCOC(C)=O)C(=O)Oc1ccc(C=O)cc1.CC(=O)OCCN(CCOC(C)=O)Cc1ccccc1.OCCN(CCO)Cc1ccccc1.OCCNCCO. The van der Waals surface area contributed by atoms with Crippen molar-refractivity contribution < 1.29 is 111 Å². The van der Waals surface area contributed by atoms with Crippen LogP contribution in [0.15, 0.2) is 115 Å². The van der Waals surface area contributed by atoms with Gasteiger partial charge in [0.15, 0.2) is 0 Å². The fourth-order valence-corrected chi connectivity index (χ4v) is 7.30. The molecule has 0 spiro atoms. The van der Waals surface area contributed by atoms with Crippen LogP contribution in [0.4, 0.5) is 9.59 Å². The van der Waals surface area contributed by atoms with Crippen molar-refractivity contribution in [1.82, 2.24) is 24.9 Å². The average Bonchev–Trinajstić information content (AvgIpc) is 1.61. The highest BCUT2D eigenvalue weighted by Gasteiger charge is 2.18. The number of rotatable bonds is 33. The molecule has 0 bridgehead atoms. The molecule has 4 aromatic carbocycles. The van der Waals surface area contributed by atoms with E-state index in [1.165, 1.54) is 101 Å². The predicted molar refractivity (Wildman–Crippen MR) is 358 cm³/mol. The Hall–Kier alpha value is -8.26. The highest BCUT2D eigenvalue weighted by Crippen LogP contribution is 2.13. The van der Waals surface area contributed by atoms with E-state index in [9.17, 15) is 52.7 Å². The zero-order valence-corrected chi connectivity index (χ0v) is 58.2. The Balaban J connectivity index is -0.00000110. The monoisotopic (exact) mass is 1440 g/mol. The Labute approximate surface area is 575 Å². The number of ether oxygens (including phenoxy) is 8. The molecular formula is C66H95BrClN5O23. The molecule has 30 heteroatoms. The van der Waals surface area contributed by atoms with Gasteiger partial charge in [-0.05, 0) is 52.6 Å². The number of hydrogen-bond acceptors (Lipinski definition) is 26. The molecule has 28 nitrogen and oxygen atoms in total. The molecular weight excluding hydrogens is 1350 g/mol. The van der Waals surface area contributed by atoms with Gasteiger partial charge in [-0.15, -0.1) is 0 Å². The van der Waals surface area contributed by atoms with Crippen LogP contribution >= 0.6 is 27.5 Å². The van der Waals surface area contributed by atoms with Crippen LogP contribution < -0.4 is 10.1 Å². The number of hydrogen-bond donors (Lipinski definition) is 5. The van der Waals surface area contributed by atoms with Gasteiger partial charge in [-0.3, -0.25) is 57.7 Å². The van der Waals surface area contributed by atoms with Gasteiger partial charge >= 0.3 is 59.2 Å². The van der Waals surface area contributed by atoms with E-state index < -0.39 is 47.3 Å². The van der Waals surface area contributed by atoms with Crippen molar-refractivity contribution >= 4 is 93.0 Å². The lowest BCUT2D eigenvalue weighted by molar-refractivity contribution is -0.156. The molecule has 4 rings (SSSR count). The second-order valence-electron chi connectivity index (χ2n) is 19.2. The molecule has 0 radical (unpaired) electrons. The number of aliphatic hydroxyl groups excluding tert-OH is 4. The summed E-state index contributed by atoms with van der Waals surface area (Å²) in [4.78, 5) is 124. The Morgan fingerprint density at radius 2 is 0.729 bits per heavy atom. The first-order valence-electron chi connectivity index (χ1n) is 30.0. The molecule has 536 valence electrons. The quantitative estimate of drug-likeness (QED) is 0.00572. The third-order valence-electron chi connectivity index (χ3n) is 11.0. The van der Waals surface area contributed by atoms with Gasteiger partial charge in [0, 0.05) is 119 Å². The van der Waals surface area contributed by atoms with E-state index in [-0.39, 0.29) is 96.7 Å². The van der Waals surface area contributed by atoms with Crippen molar-refractivity contribution in [2.75, 3.05) is 132 Å². The number of carbonyl (C=O) groups is 11. The molecule has 96 heavy (non-hydrogen) atoms. The highest BCUT2D eigenvalue weighted by molar-refractivity contribution is 9.08. The first kappa shape index (κ1) is 91.9. The van der Waals surface area contributed by atoms with Gasteiger partial charge in [0.1, 0.15) is 51.7 Å². The van der Waals surface area contributed by atoms with Crippen LogP contribution in [-0.4, -0.2) is 237 Å². The molecule has 0 aliphatic heterocycles. The summed E-state index contributed by atoms with van der Waals surface area (Å²) in [6, 6.07) is 36.3. The Morgan fingerprint density at radius 1 is 0.417 bits per heavy atom. The summed E-state index contributed by atoms with van der Waals surface area (Å²) in [5.41, 5.74) is 4.15. The van der Waals surface area contributed by atoms with E-state index in [0.717, 1.165) is 24.0 Å². The van der Waals surface area contributed by atoms with Crippen molar-refractivity contribution in [2.45, 2.75) is 73.8 Å². The van der Waals surface area contributed by atoms with Gasteiger partial charge in [-0.1, -0.05) is 107 Å². The normalized spacial score (nSPS) is 9.75. The number of esters is 8. The van der Waals surface area contributed by atoms with Gasteiger partial charge in [0.2, 0.25) is 0 Å². The number of aliphatic hydroxyl groups is 4. The van der Waals surface area contributed by atoms with Crippen LogP contribution in [0.3, 0.4) is 0 Å². The van der Waals surface area contributed by atoms with E-state index in [1.807, 2.05) is 83.8 Å². The topological polar surface area (TPSA) is 368 Å². The number of amides is 2. The summed E-state index contributed by atoms with van der Waals surface area (Å²) in [7, 11) is 0. The molecule has 0 saturated heterocycles. The third-order valence-corrected chi connectivity index (χ3v) is 11.9. The number of alkyl halides is 1. The van der Waals surface area contributed by atoms with Gasteiger partial charge in [-0.25, -0.2) is 4.79 Å². The number of nitrogens with zero attached hydrogens (tertiary/aromatic N) is 4. The van der Waals surface area contributed by atoms with E-state index >= 15 is 0 Å². The fourth-order valence-electron chi connectivity index (χ4n) is 6.76. The zero-order valence-electron chi connectivity index (χ0n) is 55.9. The van der Waals surface area contributed by atoms with Crippen LogP contribution in [-0.2, 0) is 89.9 Å². The van der Waals surface area contributed by atoms with Gasteiger partial charge in [-0.2, -0.15) is 0 Å². The number of benzene rings is 4. The standard InChI is InChI=1S/C16H19NO7.C15H21NO4.C11H17NO2.C9H14ClNO5.C7H7Br.C4H11NO2.C4H6O3/c1-12(19)22-9-7-17(8-10-23-13(2)20)16(21)24-15-5-3-14(11-18)4-6-15;1-13(17)19-10-8-16(9-11-20-14(2)18)12-15-6-4-3-5-7-15;13-8-6-12(7-9-14)10-11-4-2-1-3-5-11;1-7(12)15-5-3-11(9(10)14)4-6-16-8(2)13;8-6-7-4-2-1-3-5-7;6-3-1-5-2-4-7;1-3(5)7-4(2)6/h3-6,11H,7-10H2,1-2H3;3-7H,8-12H2,1-2H3;1-5,13-14H,6-10H2;3-6H2,1-2H3;1-5H,6H2;5-7H,1-4H2;1-2H3. The van der Waals surface area contributed by atoms with E-state index in [1.54, 1.807) is 0 Å². The molecule has 0 aliphatic rings. The molecule has 0 fully saturated rings. The van der Waals surface area contributed by atoms with Crippen molar-refractivity contribution in [3.8, 4) is 5.75 Å². The summed E-state index contributed by atoms with van der Waals surface area (Å²) in [5, 5.41) is 37.0. The van der Waals surface area contributed by atoms with Crippen molar-refractivity contribution in [3.05, 3.63) is 138 Å². The molecule has 0 aliphatic carbocycles. The second-order valence-corrected chi connectivity index (χ2v) is 20.1. The maximum atomic E-state index is 12.2. The van der Waals surface area contributed by atoms with Gasteiger partial charge in [0.25, 0.3) is 0 Å². The minimum atomic E-state index is -0.687. The summed E-state index contributed by atoms with van der Waals surface area (Å²) >= 11 is 8.64. The lowest BCUT2D eigenvalue weighted by Gasteiger charge is -2.21. The molecule has 4 aromatic rings. The van der Waals surface area contributed by atoms with Crippen molar-refractivity contribution in [3.63, 3.8) is 0 Å². The average molecular weight is 1440 g/mol. The van der Waals surface area contributed by atoms with Gasteiger partial charge < -0.3 is 73.4 Å². The molecule has 0 unspecified atom stereocenters. The van der Waals surface area contributed by atoms with Gasteiger partial charge in [0.05, 0.1) is 52.6 Å². The predicted octanol–water partition coefficient (Wildman–Crippen LogP) is 5.53. The largest absolute Gasteiger partial charge is 0.465 e. The lowest BCUT2D eigenvalue weighted by Crippen LogP contribution is -2.39. The minimum Gasteiger partial charge on any atom is -0.465 e. The molecule has 5 N–H and O–H groups in total. The molecule has 0 atom stereocenters. The number of aldehydes is 1. The first-order chi connectivity index (χ1) is 45.8. The summed E-state index contributed by atoms with van der Waals surface area (Å²) in [5.74, 6) is -3.23. The molecule has 0 heterocycles. The van der Waals surface area contributed by atoms with Crippen molar-refractivity contribution in [1.29, 1.82) is 0 Å². The maximum Gasteiger partial charge on any atom is 0.415 e. The Bertz CT molecular complexity index is 2660. The first-order valence-corrected chi connectivity index (χ1v) is 31.5. The number of nitrogens with one attached hydrogen (secondary N) is 1. The van der Waals surface area contributed by atoms with Crippen LogP contribution in [0.1, 0.15) is 82.4 Å². The van der Waals surface area contributed by atoms with Crippen molar-refractivity contribution in [2.24, 2.45) is 0 Å². The van der Waals surface area contributed by atoms with E-state index in [4.69, 9.17) is 55.7 Å². The van der Waals surface area contributed by atoms with Crippen LogP contribution in [0.2, 0.25) is 0 Å². The summed E-state index contributed by atoms with van der Waals surface area (Å²) in [6.45, 7) is 17.1. The van der Waals surface area contributed by atoms with Crippen LogP contribution in [0.25, 0.3) is 0 Å². The number of halogens is 2. The van der Waals surface area contributed by atoms with Crippen LogP contribution in [0.5, 0.6) is 5.75 Å². The fraction of sp³-hybridized carbons (Fsp3) is 0.470. The Morgan fingerprint density at radius 3 is 0.990 bits per heavy atom. The smallest absolute Gasteiger partial charge is 0.415 e. The number of carbonyl (C=O) groups excluding carboxylic acids is 11. The molecule has 0 saturated carbocycles. The summed E-state index contributed by atoms with van der Waals surface area (Å²) in [6.07, 6.45) is -0.0102. The zero-order chi connectivity index (χ0) is 72.7. The molecule has 0 aromatic heterocycles. The Kier molecular flexibility index (Phi) is 60.2. The maximum absolute atomic E-state index is 12.2. The lowest BCUT2D eigenvalue weighted by atomic mass is 10.2. The van der Waals surface area contributed by atoms with Crippen LogP contribution in [0, 0.1) is 0 Å². The third kappa shape index (κ3) is 61.9. The second kappa shape index (κ2) is 62.8. The highest BCUT2D eigenvalue weighted by atomic mass is 79.9. The van der Waals surface area contributed by atoms with E-state index in [0.29, 0.717) is 64.3 Å². The van der Waals surface area contributed by atoms with E-state index in [2.05, 4.69) is 52.5 Å².